The number of hydrogen-bond donors (Lipinski definition) is 1. The van der Waals surface area contributed by atoms with Gasteiger partial charge < -0.3 is 14.2 Å². The fraction of sp³-hybridized carbons (Fsp3) is 0.571. The van der Waals surface area contributed by atoms with Crippen LogP contribution in [0.15, 0.2) is 21.9 Å². The molecule has 1 aliphatic heterocycles. The Morgan fingerprint density at radius 1 is 1.22 bits per heavy atom. The maximum absolute atomic E-state index is 12.0. The molecule has 1 aliphatic rings. The summed E-state index contributed by atoms with van der Waals surface area (Å²) in [6.45, 7) is 4.25. The number of aromatic nitrogens is 2. The number of carbonyl (C=O) groups is 2. The Kier molecular flexibility index (Phi) is 4.99. The standard InChI is InChI=1S/C14H18N2O7/c1-4-9-11(21-7(2)17)12(22-8(3)18)13(23-9)16-6-5-10(19)15-14(16)20/h5-6,9,11-13H,4H2,1-3H3,(H,15,19,20)/t9?,11?,12-,13?/m0/s1. The van der Waals surface area contributed by atoms with Crippen molar-refractivity contribution in [3.8, 4) is 0 Å². The van der Waals surface area contributed by atoms with Crippen LogP contribution in [0.5, 0.6) is 0 Å². The van der Waals surface area contributed by atoms with Gasteiger partial charge >= 0.3 is 17.6 Å². The summed E-state index contributed by atoms with van der Waals surface area (Å²) in [5.74, 6) is -1.15. The summed E-state index contributed by atoms with van der Waals surface area (Å²) in [6.07, 6.45) is -1.67. The number of hydrogen-bond acceptors (Lipinski definition) is 7. The molecule has 1 fully saturated rings. The second-order valence-corrected chi connectivity index (χ2v) is 5.14. The van der Waals surface area contributed by atoms with Crippen LogP contribution in [0.3, 0.4) is 0 Å². The molecule has 9 heteroatoms. The number of nitrogens with one attached hydrogen (secondary N) is 1. The second-order valence-electron chi connectivity index (χ2n) is 5.14. The van der Waals surface area contributed by atoms with E-state index in [1.165, 1.54) is 20.0 Å². The monoisotopic (exact) mass is 326 g/mol. The van der Waals surface area contributed by atoms with Crippen LogP contribution in [-0.4, -0.2) is 39.8 Å². The highest BCUT2D eigenvalue weighted by molar-refractivity contribution is 5.67. The van der Waals surface area contributed by atoms with Gasteiger partial charge in [-0.25, -0.2) is 4.79 Å². The van der Waals surface area contributed by atoms with E-state index in [-0.39, 0.29) is 0 Å². The number of carbonyl (C=O) groups excluding carboxylic acids is 2. The van der Waals surface area contributed by atoms with Crippen molar-refractivity contribution in [3.63, 3.8) is 0 Å². The smallest absolute Gasteiger partial charge is 0.330 e. The van der Waals surface area contributed by atoms with Crippen molar-refractivity contribution in [3.05, 3.63) is 33.1 Å². The van der Waals surface area contributed by atoms with Crippen molar-refractivity contribution in [1.82, 2.24) is 9.55 Å². The molecule has 126 valence electrons. The van der Waals surface area contributed by atoms with Gasteiger partial charge in [0, 0.05) is 26.1 Å². The first-order valence-electron chi connectivity index (χ1n) is 7.14. The van der Waals surface area contributed by atoms with E-state index in [2.05, 4.69) is 4.98 Å². The largest absolute Gasteiger partial charge is 0.456 e. The van der Waals surface area contributed by atoms with Crippen molar-refractivity contribution >= 4 is 11.9 Å². The summed E-state index contributed by atoms with van der Waals surface area (Å²) >= 11 is 0. The average molecular weight is 326 g/mol. The lowest BCUT2D eigenvalue weighted by atomic mass is 10.1. The Balaban J connectivity index is 2.43. The first-order chi connectivity index (χ1) is 10.8. The van der Waals surface area contributed by atoms with Gasteiger partial charge in [0.1, 0.15) is 6.10 Å². The van der Waals surface area contributed by atoms with Gasteiger partial charge in [-0.1, -0.05) is 6.92 Å². The molecule has 0 amide bonds. The van der Waals surface area contributed by atoms with Crippen LogP contribution in [0, 0.1) is 0 Å². The topological polar surface area (TPSA) is 117 Å². The first-order valence-corrected chi connectivity index (χ1v) is 7.14. The molecular weight excluding hydrogens is 308 g/mol. The molecule has 23 heavy (non-hydrogen) atoms. The minimum Gasteiger partial charge on any atom is -0.456 e. The predicted octanol–water partition coefficient (Wildman–Crippen LogP) is -0.293. The molecule has 2 heterocycles. The van der Waals surface area contributed by atoms with Crippen molar-refractivity contribution in [2.24, 2.45) is 0 Å². The van der Waals surface area contributed by atoms with Crippen molar-refractivity contribution in [2.75, 3.05) is 0 Å². The molecule has 0 aliphatic carbocycles. The van der Waals surface area contributed by atoms with E-state index >= 15 is 0 Å². The van der Waals surface area contributed by atoms with Crippen LogP contribution in [0.4, 0.5) is 0 Å². The Labute approximate surface area is 131 Å². The highest BCUT2D eigenvalue weighted by atomic mass is 16.6. The fourth-order valence-corrected chi connectivity index (χ4v) is 2.54. The Hall–Kier alpha value is -2.42. The van der Waals surface area contributed by atoms with Crippen LogP contribution in [-0.2, 0) is 23.8 Å². The van der Waals surface area contributed by atoms with Crippen LogP contribution in [0.2, 0.25) is 0 Å². The zero-order valence-electron chi connectivity index (χ0n) is 13.0. The van der Waals surface area contributed by atoms with Crippen LogP contribution in [0.25, 0.3) is 0 Å². The lowest BCUT2D eigenvalue weighted by molar-refractivity contribution is -0.165. The third kappa shape index (κ3) is 3.67. The van der Waals surface area contributed by atoms with Crippen molar-refractivity contribution in [2.45, 2.75) is 51.7 Å². The number of nitrogens with zero attached hydrogens (tertiary/aromatic N) is 1. The molecule has 1 aromatic rings. The van der Waals surface area contributed by atoms with E-state index in [1.807, 2.05) is 6.92 Å². The van der Waals surface area contributed by atoms with E-state index < -0.39 is 47.7 Å². The van der Waals surface area contributed by atoms with E-state index in [9.17, 15) is 19.2 Å². The molecule has 1 saturated heterocycles. The van der Waals surface area contributed by atoms with Crippen LogP contribution in [0.1, 0.15) is 33.4 Å². The number of H-pyrrole nitrogens is 1. The van der Waals surface area contributed by atoms with Crippen LogP contribution < -0.4 is 11.2 Å². The average Bonchev–Trinajstić information content (AvgIpc) is 2.76. The summed E-state index contributed by atoms with van der Waals surface area (Å²) in [7, 11) is 0. The Morgan fingerprint density at radius 3 is 2.35 bits per heavy atom. The molecule has 9 nitrogen and oxygen atoms in total. The van der Waals surface area contributed by atoms with Crippen molar-refractivity contribution < 1.29 is 23.8 Å². The number of esters is 2. The molecule has 0 aromatic carbocycles. The molecule has 3 unspecified atom stereocenters. The molecular formula is C14H18N2O7. The zero-order chi connectivity index (χ0) is 17.1. The zero-order valence-corrected chi connectivity index (χ0v) is 13.0. The summed E-state index contributed by atoms with van der Waals surface area (Å²) in [6, 6.07) is 1.15. The molecule has 0 spiro atoms. The molecule has 2 rings (SSSR count). The Bertz CT molecular complexity index is 708. The Morgan fingerprint density at radius 2 is 1.83 bits per heavy atom. The highest BCUT2D eigenvalue weighted by Gasteiger charge is 2.49. The van der Waals surface area contributed by atoms with Gasteiger partial charge in [0.05, 0.1) is 0 Å². The van der Waals surface area contributed by atoms with Crippen molar-refractivity contribution in [1.29, 1.82) is 0 Å². The molecule has 0 saturated carbocycles. The van der Waals surface area contributed by atoms with E-state index in [0.717, 1.165) is 10.6 Å². The second kappa shape index (κ2) is 6.78. The normalized spacial score (nSPS) is 26.7. The van der Waals surface area contributed by atoms with Gasteiger partial charge in [-0.05, 0) is 6.42 Å². The quantitative estimate of drug-likeness (QED) is 0.755. The molecule has 0 radical (unpaired) electrons. The van der Waals surface area contributed by atoms with Gasteiger partial charge in [0.15, 0.2) is 18.4 Å². The third-order valence-electron chi connectivity index (χ3n) is 3.42. The van der Waals surface area contributed by atoms with Gasteiger partial charge in [0.25, 0.3) is 5.56 Å². The van der Waals surface area contributed by atoms with Gasteiger partial charge in [-0.15, -0.1) is 0 Å². The maximum atomic E-state index is 12.0. The molecule has 1 aromatic heterocycles. The number of rotatable bonds is 4. The van der Waals surface area contributed by atoms with E-state index in [4.69, 9.17) is 14.2 Å². The summed E-state index contributed by atoms with van der Waals surface area (Å²) in [4.78, 5) is 47.9. The molecule has 0 bridgehead atoms. The van der Waals surface area contributed by atoms with E-state index in [0.29, 0.717) is 6.42 Å². The molecule has 4 atom stereocenters. The minimum absolute atomic E-state index is 0.477. The third-order valence-corrected chi connectivity index (χ3v) is 3.42. The maximum Gasteiger partial charge on any atom is 0.330 e. The highest BCUT2D eigenvalue weighted by Crippen LogP contribution is 2.34. The lowest BCUT2D eigenvalue weighted by Crippen LogP contribution is -2.41. The first kappa shape index (κ1) is 16.9. The summed E-state index contributed by atoms with van der Waals surface area (Å²) in [5, 5.41) is 0. The van der Waals surface area contributed by atoms with Gasteiger partial charge in [0.2, 0.25) is 0 Å². The minimum atomic E-state index is -1.00. The van der Waals surface area contributed by atoms with Gasteiger partial charge in [-0.2, -0.15) is 0 Å². The fourth-order valence-electron chi connectivity index (χ4n) is 2.54. The summed E-state index contributed by atoms with van der Waals surface area (Å²) < 4.78 is 17.3. The van der Waals surface area contributed by atoms with Crippen LogP contribution >= 0.6 is 0 Å². The molecule has 1 N–H and O–H groups in total. The predicted molar refractivity (Wildman–Crippen MR) is 76.6 cm³/mol. The van der Waals surface area contributed by atoms with Gasteiger partial charge in [-0.3, -0.25) is 23.9 Å². The number of ether oxygens (including phenoxy) is 3. The number of aromatic amines is 1. The summed E-state index contributed by atoms with van der Waals surface area (Å²) in [5.41, 5.74) is -1.27. The SMILES string of the molecule is CCC1OC(n2ccc(=O)[nH]c2=O)[C@@H](OC(C)=O)C1OC(C)=O. The van der Waals surface area contributed by atoms with E-state index in [1.54, 1.807) is 0 Å². The lowest BCUT2D eigenvalue weighted by Gasteiger charge is -2.23.